The zero-order chi connectivity index (χ0) is 106. The number of hydrogen-bond donors (Lipinski definition) is 3. The van der Waals surface area contributed by atoms with E-state index in [4.69, 9.17) is 15.1 Å². The lowest BCUT2D eigenvalue weighted by Crippen LogP contribution is -2.20. The number of rotatable bonds is 19. The molecule has 3 N–H and O–H groups in total. The maximum Gasteiger partial charge on any atom is 0.631 e. The number of benzene rings is 11. The van der Waals surface area contributed by atoms with Crippen LogP contribution in [0.4, 0.5) is 193 Å². The molecule has 3 unspecified atom stereocenters. The summed E-state index contributed by atoms with van der Waals surface area (Å²) in [7, 11) is -5.47. The summed E-state index contributed by atoms with van der Waals surface area (Å²) in [6.45, 7) is 14.8. The molecule has 11 aromatic rings. The summed E-state index contributed by atoms with van der Waals surface area (Å²) < 4.78 is 581. The molecule has 0 aromatic heterocycles. The van der Waals surface area contributed by atoms with Crippen molar-refractivity contribution in [3.05, 3.63) is 321 Å². The van der Waals surface area contributed by atoms with Crippen molar-refractivity contribution in [2.75, 3.05) is 37.0 Å². The molecular formula is C87H62BF44O3P3. The third kappa shape index (κ3) is 26.4. The molecule has 0 bridgehead atoms. The van der Waals surface area contributed by atoms with Crippen LogP contribution >= 0.6 is 23.8 Å². The van der Waals surface area contributed by atoms with Crippen molar-refractivity contribution in [1.82, 2.24) is 0 Å². The molecule has 0 aliphatic rings. The van der Waals surface area contributed by atoms with Crippen molar-refractivity contribution < 1.29 is 208 Å². The van der Waals surface area contributed by atoms with E-state index in [1.165, 1.54) is 0 Å². The van der Waals surface area contributed by atoms with Crippen LogP contribution < -0.4 is 15.9 Å². The van der Waals surface area contributed by atoms with Crippen LogP contribution in [0.3, 0.4) is 0 Å². The first-order valence-electron chi connectivity index (χ1n) is 38.5. The monoisotopic (exact) mass is 2090 g/mol. The highest BCUT2D eigenvalue weighted by atomic mass is 31.1. The lowest BCUT2D eigenvalue weighted by molar-refractivity contribution is 0.278. The molecule has 138 heavy (non-hydrogen) atoms. The second-order valence-corrected chi connectivity index (χ2v) is 35.3. The minimum atomic E-state index is -2.44. The molecule has 3 atom stereocenters. The van der Waals surface area contributed by atoms with Gasteiger partial charge >= 0.3 is 7.32 Å². The predicted octanol–water partition coefficient (Wildman–Crippen LogP) is 29.2. The lowest BCUT2D eigenvalue weighted by Gasteiger charge is -2.19. The average Bonchev–Trinajstić information content (AvgIpc) is 0.771. The van der Waals surface area contributed by atoms with Gasteiger partial charge in [0.05, 0.1) is 38.2 Å². The summed E-state index contributed by atoms with van der Waals surface area (Å²) in [5.74, 6) is -86.0. The fourth-order valence-corrected chi connectivity index (χ4v) is 18.7. The van der Waals surface area contributed by atoms with E-state index < -0.39 is 348 Å². The Morgan fingerprint density at radius 1 is 0.181 bits per heavy atom. The Bertz CT molecular complexity index is 5370. The largest absolute Gasteiger partial charge is 0.631 e. The number of unbranched alkanes of at least 4 members (excludes halogenated alkanes) is 3. The first-order valence-corrected chi connectivity index (χ1v) is 43.7. The van der Waals surface area contributed by atoms with Gasteiger partial charge in [-0.25, -0.2) is 193 Å². The van der Waals surface area contributed by atoms with E-state index in [0.717, 1.165) is 59.3 Å². The van der Waals surface area contributed by atoms with E-state index in [1.54, 1.807) is 0 Å². The van der Waals surface area contributed by atoms with Crippen LogP contribution in [0.25, 0.3) is 44.5 Å². The van der Waals surface area contributed by atoms with Crippen LogP contribution in [0.1, 0.15) is 96.8 Å². The summed E-state index contributed by atoms with van der Waals surface area (Å²) in [4.78, 5) is 0. The standard InChI is InChI=1S/3C13H17F4P.4C12H2F8.BH3O3/c3*1-4-6-7-18(5-2)13-10(15)8(3)9(14)11(16)12(13)17;4*13-4-2-1-3(6(14)7(4)15)5-8(16)10(18)12(20)11(19)9(5)17;2-1(3)4/h3*4-7H2,1-3H3;4*1-2H;2-4H. The van der Waals surface area contributed by atoms with E-state index in [2.05, 4.69) is 0 Å². The lowest BCUT2D eigenvalue weighted by atomic mass is 10.0. The topological polar surface area (TPSA) is 60.7 Å². The van der Waals surface area contributed by atoms with Crippen LogP contribution in [0.15, 0.2) is 48.5 Å². The molecule has 3 nitrogen and oxygen atoms in total. The Kier molecular flexibility index (Phi) is 45.3. The third-order valence-electron chi connectivity index (χ3n) is 18.9. The fraction of sp³-hybridized carbons (Fsp3) is 0.241. The number of halogens is 44. The molecule has 0 fully saturated rings. The van der Waals surface area contributed by atoms with Crippen LogP contribution in [-0.2, 0) is 0 Å². The molecule has 11 rings (SSSR count). The molecule has 51 heteroatoms. The Morgan fingerprint density at radius 2 is 0.319 bits per heavy atom. The highest BCUT2D eigenvalue weighted by molar-refractivity contribution is 7.66. The Labute approximate surface area is 756 Å². The van der Waals surface area contributed by atoms with Gasteiger partial charge in [0.15, 0.2) is 215 Å². The minimum absolute atomic E-state index is 0.239. The molecule has 0 radical (unpaired) electrons. The van der Waals surface area contributed by atoms with Gasteiger partial charge in [-0.05, 0) is 126 Å². The molecule has 0 aliphatic heterocycles. The third-order valence-corrected chi connectivity index (χ3v) is 26.8. The maximum atomic E-state index is 13.9. The van der Waals surface area contributed by atoms with Crippen LogP contribution in [0, 0.1) is 277 Å². The van der Waals surface area contributed by atoms with Crippen LogP contribution in [0.5, 0.6) is 0 Å². The van der Waals surface area contributed by atoms with Crippen molar-refractivity contribution in [2.45, 2.75) is 101 Å². The second-order valence-electron chi connectivity index (χ2n) is 27.5. The average molecular weight is 2100 g/mol. The van der Waals surface area contributed by atoms with Gasteiger partial charge in [-0.3, -0.25) is 0 Å². The van der Waals surface area contributed by atoms with Crippen molar-refractivity contribution >= 4 is 47.0 Å². The highest BCUT2D eigenvalue weighted by Crippen LogP contribution is 2.45. The van der Waals surface area contributed by atoms with Crippen molar-refractivity contribution in [2.24, 2.45) is 0 Å². The Morgan fingerprint density at radius 3 is 0.457 bits per heavy atom. The van der Waals surface area contributed by atoms with E-state index in [0.29, 0.717) is 85.5 Å². The Hall–Kier alpha value is -10.4. The molecule has 754 valence electrons. The molecule has 0 saturated carbocycles. The van der Waals surface area contributed by atoms with Gasteiger partial charge in [-0.15, -0.1) is 0 Å². The van der Waals surface area contributed by atoms with Gasteiger partial charge < -0.3 is 15.1 Å². The predicted molar refractivity (Wildman–Crippen MR) is 422 cm³/mol. The first kappa shape index (κ1) is 120. The Balaban J connectivity index is 0.000000334. The first-order chi connectivity index (χ1) is 64.2. The van der Waals surface area contributed by atoms with Crippen molar-refractivity contribution in [1.29, 1.82) is 0 Å². The summed E-state index contributed by atoms with van der Waals surface area (Å²) in [6.07, 6.45) is 8.82. The normalized spacial score (nSPS) is 11.6. The summed E-state index contributed by atoms with van der Waals surface area (Å²) in [5, 5.41) is 20.8. The zero-order valence-electron chi connectivity index (χ0n) is 71.0. The van der Waals surface area contributed by atoms with Crippen molar-refractivity contribution in [3.8, 4) is 44.5 Å². The van der Waals surface area contributed by atoms with E-state index in [-0.39, 0.29) is 15.9 Å². The second kappa shape index (κ2) is 52.2. The van der Waals surface area contributed by atoms with Gasteiger partial charge in [0, 0.05) is 38.9 Å². The molecule has 0 aliphatic carbocycles. The van der Waals surface area contributed by atoms with E-state index >= 15 is 0 Å². The summed E-state index contributed by atoms with van der Waals surface area (Å²) in [6, 6.07) is 2.66. The molecule has 0 saturated heterocycles. The minimum Gasteiger partial charge on any atom is -0.402 e. The number of hydrogen-bond acceptors (Lipinski definition) is 3. The van der Waals surface area contributed by atoms with Gasteiger partial charge in [0.25, 0.3) is 0 Å². The molecule has 11 aromatic carbocycles. The van der Waals surface area contributed by atoms with Crippen molar-refractivity contribution in [3.63, 3.8) is 0 Å². The van der Waals surface area contributed by atoms with E-state index in [1.807, 2.05) is 41.5 Å². The molecule has 0 amide bonds. The van der Waals surface area contributed by atoms with Gasteiger partial charge in [-0.2, -0.15) is 0 Å². The molecular weight excluding hydrogens is 2030 g/mol. The SMILES string of the molecule is CCCCP(CC)c1c(F)c(C)c(F)c(F)c1F.CCCCP(CC)c1c(F)c(C)c(F)c(F)c1F.CCCCP(CC)c1c(F)c(C)c(F)c(F)c1F.Fc1ccc(-c2c(F)c(F)c(F)c(F)c2F)c(F)c1F.Fc1ccc(-c2c(F)c(F)c(F)c(F)c2F)c(F)c1F.Fc1ccc(-c2c(F)c(F)c(F)c(F)c2F)c(F)c1F.Fc1ccc(-c2c(F)c(F)c(F)c(F)c2F)c(F)c1F.OB(O)O. The fourth-order valence-electron chi connectivity index (χ4n) is 11.6. The maximum absolute atomic E-state index is 13.9. The molecule has 0 spiro atoms. The van der Waals surface area contributed by atoms with Gasteiger partial charge in [0.1, 0.15) is 17.5 Å². The van der Waals surface area contributed by atoms with Crippen LogP contribution in [-0.4, -0.2) is 59.4 Å². The molecule has 0 heterocycles. The van der Waals surface area contributed by atoms with Crippen LogP contribution in [0.2, 0.25) is 0 Å². The zero-order valence-corrected chi connectivity index (χ0v) is 73.7. The highest BCUT2D eigenvalue weighted by Gasteiger charge is 2.37. The summed E-state index contributed by atoms with van der Waals surface area (Å²) >= 11 is 0. The quantitative estimate of drug-likeness (QED) is 0.0249. The van der Waals surface area contributed by atoms with Gasteiger partial charge in [-0.1, -0.05) is 84.6 Å². The van der Waals surface area contributed by atoms with Gasteiger partial charge in [0.2, 0.25) is 23.3 Å². The van der Waals surface area contributed by atoms with E-state index in [9.17, 15) is 193 Å². The summed E-state index contributed by atoms with van der Waals surface area (Å²) in [5.41, 5.74) is -13.1. The smallest absolute Gasteiger partial charge is 0.402 e.